The van der Waals surface area contributed by atoms with Crippen LogP contribution in [-0.4, -0.2) is 42.9 Å². The molecule has 0 aliphatic rings. The van der Waals surface area contributed by atoms with E-state index in [4.69, 9.17) is 9.84 Å². The molecule has 0 aromatic carbocycles. The average Bonchev–Trinajstić information content (AvgIpc) is 2.33. The number of nitrogens with one attached hydrogen (secondary N) is 2. The second-order valence-corrected chi connectivity index (χ2v) is 4.94. The summed E-state index contributed by atoms with van der Waals surface area (Å²) in [6.07, 6.45) is 2.18. The zero-order valence-electron chi connectivity index (χ0n) is 12.2. The van der Waals surface area contributed by atoms with Crippen molar-refractivity contribution in [3.8, 4) is 0 Å². The molecule has 0 aliphatic carbocycles. The van der Waals surface area contributed by atoms with Gasteiger partial charge in [0.2, 0.25) is 0 Å². The molecule has 0 radical (unpaired) electrons. The van der Waals surface area contributed by atoms with E-state index in [-0.39, 0.29) is 12.5 Å². The molecule has 2 amide bonds. The highest BCUT2D eigenvalue weighted by Gasteiger charge is 2.20. The minimum Gasteiger partial charge on any atom is -0.480 e. The number of hydrogen-bond acceptors (Lipinski definition) is 3. The zero-order valence-corrected chi connectivity index (χ0v) is 12.2. The fraction of sp³-hybridized carbons (Fsp3) is 0.846. The lowest BCUT2D eigenvalue weighted by Gasteiger charge is -2.20. The third-order valence-electron chi connectivity index (χ3n) is 3.04. The fourth-order valence-electron chi connectivity index (χ4n) is 1.75. The molecule has 19 heavy (non-hydrogen) atoms. The Bertz CT molecular complexity index is 284. The summed E-state index contributed by atoms with van der Waals surface area (Å²) in [7, 11) is 1.49. The van der Waals surface area contributed by atoms with E-state index in [0.717, 1.165) is 12.8 Å². The van der Waals surface area contributed by atoms with Crippen molar-refractivity contribution in [2.24, 2.45) is 5.92 Å². The van der Waals surface area contributed by atoms with E-state index < -0.39 is 18.0 Å². The zero-order chi connectivity index (χ0) is 14.8. The van der Waals surface area contributed by atoms with Crippen molar-refractivity contribution in [2.75, 3.05) is 13.7 Å². The summed E-state index contributed by atoms with van der Waals surface area (Å²) < 4.78 is 4.82. The van der Waals surface area contributed by atoms with E-state index in [1.54, 1.807) is 0 Å². The highest BCUT2D eigenvalue weighted by molar-refractivity contribution is 5.82. The molecule has 0 heterocycles. The number of ether oxygens (including phenoxy) is 1. The van der Waals surface area contributed by atoms with Gasteiger partial charge in [-0.2, -0.15) is 0 Å². The van der Waals surface area contributed by atoms with Crippen LogP contribution in [0.1, 0.15) is 40.0 Å². The molecule has 3 unspecified atom stereocenters. The molecule has 0 aromatic rings. The summed E-state index contributed by atoms with van der Waals surface area (Å²) >= 11 is 0. The van der Waals surface area contributed by atoms with Gasteiger partial charge in [0.1, 0.15) is 6.04 Å². The normalized spacial score (nSPS) is 15.4. The number of carbonyl (C=O) groups is 2. The number of hydrogen-bond donors (Lipinski definition) is 3. The molecule has 112 valence electrons. The van der Waals surface area contributed by atoms with Crippen molar-refractivity contribution in [1.82, 2.24) is 10.6 Å². The maximum Gasteiger partial charge on any atom is 0.326 e. The van der Waals surface area contributed by atoms with Gasteiger partial charge in [0.05, 0.1) is 0 Å². The third-order valence-corrected chi connectivity index (χ3v) is 3.04. The van der Waals surface area contributed by atoms with Crippen LogP contribution in [0.4, 0.5) is 4.79 Å². The van der Waals surface area contributed by atoms with E-state index in [1.165, 1.54) is 7.11 Å². The van der Waals surface area contributed by atoms with Crippen LogP contribution >= 0.6 is 0 Å². The molecule has 0 bridgehead atoms. The number of carbonyl (C=O) groups excluding carboxylic acids is 1. The van der Waals surface area contributed by atoms with Crippen molar-refractivity contribution >= 4 is 12.0 Å². The summed E-state index contributed by atoms with van der Waals surface area (Å²) in [5.41, 5.74) is 0. The summed E-state index contributed by atoms with van der Waals surface area (Å²) in [6, 6.07) is -1.35. The Hall–Kier alpha value is -1.30. The minimum atomic E-state index is -1.05. The monoisotopic (exact) mass is 274 g/mol. The summed E-state index contributed by atoms with van der Waals surface area (Å²) in [5, 5.41) is 14.2. The number of urea groups is 1. The van der Waals surface area contributed by atoms with Gasteiger partial charge in [-0.1, -0.05) is 20.3 Å². The third kappa shape index (κ3) is 8.42. The smallest absolute Gasteiger partial charge is 0.326 e. The van der Waals surface area contributed by atoms with Crippen LogP contribution in [0.5, 0.6) is 0 Å². The predicted octanol–water partition coefficient (Wildman–Crippen LogP) is 1.60. The molecular formula is C13H26N2O4. The van der Waals surface area contributed by atoms with Crippen LogP contribution < -0.4 is 10.6 Å². The number of methoxy groups -OCH3 is 1. The molecule has 0 fully saturated rings. The van der Waals surface area contributed by atoms with E-state index in [2.05, 4.69) is 24.5 Å². The van der Waals surface area contributed by atoms with Crippen LogP contribution in [-0.2, 0) is 9.53 Å². The van der Waals surface area contributed by atoms with Gasteiger partial charge >= 0.3 is 12.0 Å². The molecule has 3 N–H and O–H groups in total. The van der Waals surface area contributed by atoms with Gasteiger partial charge in [-0.15, -0.1) is 0 Å². The first kappa shape index (κ1) is 17.7. The van der Waals surface area contributed by atoms with Crippen molar-refractivity contribution in [2.45, 2.75) is 52.1 Å². The van der Waals surface area contributed by atoms with Gasteiger partial charge < -0.3 is 20.5 Å². The standard InChI is InChI=1S/C13H26N2O4/c1-5-9(2)8-10(3)14-13(18)15-11(12(16)17)6-7-19-4/h9-11H,5-8H2,1-4H3,(H,16,17)(H2,14,15,18). The summed E-state index contributed by atoms with van der Waals surface area (Å²) in [5.74, 6) is -0.527. The average molecular weight is 274 g/mol. The fourth-order valence-corrected chi connectivity index (χ4v) is 1.75. The summed E-state index contributed by atoms with van der Waals surface area (Å²) in [6.45, 7) is 6.42. The molecule has 0 spiro atoms. The first-order valence-corrected chi connectivity index (χ1v) is 6.69. The van der Waals surface area contributed by atoms with E-state index >= 15 is 0 Å². The lowest BCUT2D eigenvalue weighted by molar-refractivity contribution is -0.139. The van der Waals surface area contributed by atoms with E-state index in [1.807, 2.05) is 6.92 Å². The van der Waals surface area contributed by atoms with Gasteiger partial charge in [-0.05, 0) is 19.3 Å². The maximum absolute atomic E-state index is 11.7. The molecule has 0 aromatic heterocycles. The maximum atomic E-state index is 11.7. The Balaban J connectivity index is 4.14. The number of amides is 2. The van der Waals surface area contributed by atoms with Crippen LogP contribution in [0, 0.1) is 5.92 Å². The van der Waals surface area contributed by atoms with Gasteiger partial charge in [0, 0.05) is 26.2 Å². The van der Waals surface area contributed by atoms with Gasteiger partial charge in [-0.3, -0.25) is 0 Å². The van der Waals surface area contributed by atoms with Crippen LogP contribution in [0.2, 0.25) is 0 Å². The first-order chi connectivity index (χ1) is 8.90. The van der Waals surface area contributed by atoms with Crippen molar-refractivity contribution < 1.29 is 19.4 Å². The van der Waals surface area contributed by atoms with Crippen LogP contribution in [0.15, 0.2) is 0 Å². The van der Waals surface area contributed by atoms with Crippen LogP contribution in [0.25, 0.3) is 0 Å². The molecule has 3 atom stereocenters. The van der Waals surface area contributed by atoms with E-state index in [0.29, 0.717) is 12.5 Å². The molecule has 6 nitrogen and oxygen atoms in total. The topological polar surface area (TPSA) is 87.7 Å². The second-order valence-electron chi connectivity index (χ2n) is 4.94. The van der Waals surface area contributed by atoms with Gasteiger partial charge in [0.15, 0.2) is 0 Å². The number of aliphatic carboxylic acids is 1. The summed E-state index contributed by atoms with van der Waals surface area (Å²) in [4.78, 5) is 22.6. The Labute approximate surface area is 114 Å². The molecule has 0 aliphatic heterocycles. The largest absolute Gasteiger partial charge is 0.480 e. The lowest BCUT2D eigenvalue weighted by Crippen LogP contribution is -2.49. The molecule has 0 saturated carbocycles. The van der Waals surface area contributed by atoms with Crippen molar-refractivity contribution in [1.29, 1.82) is 0 Å². The quantitative estimate of drug-likeness (QED) is 0.596. The Morgan fingerprint density at radius 1 is 1.26 bits per heavy atom. The molecular weight excluding hydrogens is 248 g/mol. The Morgan fingerprint density at radius 2 is 1.89 bits per heavy atom. The number of carboxylic acid groups (broad SMARTS) is 1. The predicted molar refractivity (Wildman–Crippen MR) is 73.1 cm³/mol. The molecule has 0 rings (SSSR count). The second kappa shape index (κ2) is 9.61. The molecule has 0 saturated heterocycles. The van der Waals surface area contributed by atoms with Crippen molar-refractivity contribution in [3.05, 3.63) is 0 Å². The Morgan fingerprint density at radius 3 is 2.37 bits per heavy atom. The van der Waals surface area contributed by atoms with Gasteiger partial charge in [-0.25, -0.2) is 9.59 Å². The van der Waals surface area contributed by atoms with Crippen LogP contribution in [0.3, 0.4) is 0 Å². The van der Waals surface area contributed by atoms with Gasteiger partial charge in [0.25, 0.3) is 0 Å². The van der Waals surface area contributed by atoms with E-state index in [9.17, 15) is 9.59 Å². The van der Waals surface area contributed by atoms with Crippen molar-refractivity contribution in [3.63, 3.8) is 0 Å². The SMILES string of the molecule is CCC(C)CC(C)NC(=O)NC(CCOC)C(=O)O. The highest BCUT2D eigenvalue weighted by Crippen LogP contribution is 2.09. The number of rotatable bonds is 9. The first-order valence-electron chi connectivity index (χ1n) is 6.69. The highest BCUT2D eigenvalue weighted by atomic mass is 16.5. The molecule has 6 heteroatoms. The Kier molecular flexibility index (Phi) is 8.95. The lowest BCUT2D eigenvalue weighted by atomic mass is 10.0. The number of carboxylic acids is 1. The minimum absolute atomic E-state index is 0.0202.